The monoisotopic (exact) mass is 390 g/mol. The second kappa shape index (κ2) is 7.06. The standard InChI is InChI=1S/C16H14N4O8/c21-12-6-9-10(18(23)24)7-11(19(25)26)13(15(9)20(27)28)14(12)16(22)17-8-4-2-1-3-5-8/h1-5,7,9,13-15H,6H2,(H,17,22)(H,23,24)/t9-,13-,14-,15+/m0/s1. The smallest absolute Gasteiger partial charge is 0.264 e. The molecule has 12 nitrogen and oxygen atoms in total. The highest BCUT2D eigenvalue weighted by Crippen LogP contribution is 2.43. The van der Waals surface area contributed by atoms with E-state index in [1.165, 1.54) is 12.1 Å². The fourth-order valence-corrected chi connectivity index (χ4v) is 3.79. The van der Waals surface area contributed by atoms with Crippen LogP contribution >= 0.6 is 0 Å². The highest BCUT2D eigenvalue weighted by molar-refractivity contribution is 6.11. The Labute approximate surface area is 156 Å². The van der Waals surface area contributed by atoms with E-state index in [1.807, 2.05) is 0 Å². The number of carbonyl (C=O) groups is 2. The molecule has 1 aromatic rings. The Morgan fingerprint density at radius 1 is 1.14 bits per heavy atom. The first-order chi connectivity index (χ1) is 13.2. The number of allylic oxidation sites excluding steroid dienone is 1. The lowest BCUT2D eigenvalue weighted by atomic mass is 9.63. The van der Waals surface area contributed by atoms with Crippen molar-refractivity contribution in [2.24, 2.45) is 17.8 Å². The number of para-hydroxylation sites is 1. The Bertz CT molecular complexity index is 922. The topological polar surface area (TPSA) is 179 Å². The molecule has 2 N–H and O–H groups in total. The average Bonchev–Trinajstić information content (AvgIpc) is 2.61. The molecule has 0 spiro atoms. The SMILES string of the molecule is O=C1C[C@H]2C(=[N+]([O-])O)C=C([N+](=O)[O-])[C@@H]([C@H]1C(=O)Nc1ccccc1)[C@@H]2[N+](=O)[O-]. The number of nitrogens with one attached hydrogen (secondary N) is 1. The van der Waals surface area contributed by atoms with Crippen molar-refractivity contribution in [3.8, 4) is 0 Å². The number of hydrogen-bond acceptors (Lipinski definition) is 8. The normalized spacial score (nSPS) is 28.1. The molecule has 2 aliphatic carbocycles. The number of fused-ring (bicyclic) bond motifs is 2. The van der Waals surface area contributed by atoms with Gasteiger partial charge in [0.25, 0.3) is 11.4 Å². The zero-order chi connectivity index (χ0) is 20.6. The lowest BCUT2D eigenvalue weighted by molar-refractivity contribution is -0.728. The predicted molar refractivity (Wildman–Crippen MR) is 91.4 cm³/mol. The van der Waals surface area contributed by atoms with Gasteiger partial charge in [-0.05, 0) is 12.1 Å². The molecule has 0 radical (unpaired) electrons. The molecule has 2 bridgehead atoms. The third-order valence-electron chi connectivity index (χ3n) is 4.92. The average molecular weight is 390 g/mol. The molecule has 2 aliphatic rings. The number of anilines is 1. The lowest BCUT2D eigenvalue weighted by Crippen LogP contribution is -2.58. The number of rotatable bonds is 4. The van der Waals surface area contributed by atoms with Crippen LogP contribution in [0.2, 0.25) is 0 Å². The van der Waals surface area contributed by atoms with E-state index in [9.17, 15) is 40.2 Å². The van der Waals surface area contributed by atoms with Crippen molar-refractivity contribution < 1.29 is 29.5 Å². The molecule has 3 rings (SSSR count). The number of ketones is 1. The zero-order valence-corrected chi connectivity index (χ0v) is 14.1. The summed E-state index contributed by atoms with van der Waals surface area (Å²) in [5, 5.41) is 46.1. The fraction of sp³-hybridized carbons (Fsp3) is 0.312. The van der Waals surface area contributed by atoms with Crippen LogP contribution in [0.25, 0.3) is 0 Å². The first kappa shape index (κ1) is 18.9. The number of amides is 1. The quantitative estimate of drug-likeness (QED) is 0.247. The van der Waals surface area contributed by atoms with Crippen LogP contribution in [-0.4, -0.2) is 43.4 Å². The highest BCUT2D eigenvalue weighted by Gasteiger charge is 2.64. The summed E-state index contributed by atoms with van der Waals surface area (Å²) in [5.74, 6) is -6.43. The minimum atomic E-state index is -1.78. The van der Waals surface area contributed by atoms with Crippen LogP contribution in [0.3, 0.4) is 0 Å². The van der Waals surface area contributed by atoms with E-state index >= 15 is 0 Å². The number of Topliss-reactive ketones (excluding diaryl/α,β-unsaturated/α-hetero) is 1. The van der Waals surface area contributed by atoms with Gasteiger partial charge in [0.15, 0.2) is 0 Å². The summed E-state index contributed by atoms with van der Waals surface area (Å²) >= 11 is 0. The zero-order valence-electron chi connectivity index (χ0n) is 14.1. The molecule has 146 valence electrons. The van der Waals surface area contributed by atoms with Gasteiger partial charge in [0.2, 0.25) is 11.9 Å². The van der Waals surface area contributed by atoms with Crippen molar-refractivity contribution >= 4 is 23.1 Å². The van der Waals surface area contributed by atoms with Gasteiger partial charge in [-0.3, -0.25) is 35.0 Å². The summed E-state index contributed by atoms with van der Waals surface area (Å²) in [5.41, 5.74) is -1.18. The van der Waals surface area contributed by atoms with Crippen molar-refractivity contribution in [1.82, 2.24) is 0 Å². The van der Waals surface area contributed by atoms with Gasteiger partial charge in [-0.2, -0.15) is 0 Å². The number of carbonyl (C=O) groups excluding carboxylic acids is 2. The Balaban J connectivity index is 2.10. The van der Waals surface area contributed by atoms with Crippen molar-refractivity contribution in [3.05, 3.63) is 67.5 Å². The van der Waals surface area contributed by atoms with Gasteiger partial charge in [0, 0.05) is 21.9 Å². The summed E-state index contributed by atoms with van der Waals surface area (Å²) in [6, 6.07) is 6.18. The molecule has 0 aliphatic heterocycles. The summed E-state index contributed by atoms with van der Waals surface area (Å²) in [6.45, 7) is 0. The van der Waals surface area contributed by atoms with Gasteiger partial charge in [-0.15, -0.1) is 0 Å². The highest BCUT2D eigenvalue weighted by atomic mass is 16.8. The van der Waals surface area contributed by atoms with E-state index in [0.29, 0.717) is 11.8 Å². The molecular weight excluding hydrogens is 376 g/mol. The van der Waals surface area contributed by atoms with Crippen LogP contribution in [-0.2, 0) is 9.59 Å². The third-order valence-corrected chi connectivity index (χ3v) is 4.92. The summed E-state index contributed by atoms with van der Waals surface area (Å²) in [7, 11) is 0. The van der Waals surface area contributed by atoms with Gasteiger partial charge >= 0.3 is 0 Å². The maximum absolute atomic E-state index is 12.7. The van der Waals surface area contributed by atoms with Gasteiger partial charge in [-0.1, -0.05) is 18.2 Å². The minimum Gasteiger partial charge on any atom is -0.417 e. The van der Waals surface area contributed by atoms with Crippen molar-refractivity contribution in [3.63, 3.8) is 0 Å². The molecule has 1 fully saturated rings. The maximum Gasteiger partial charge on any atom is 0.264 e. The van der Waals surface area contributed by atoms with Gasteiger partial charge < -0.3 is 10.5 Å². The number of nitrogens with zero attached hydrogens (tertiary/aromatic N) is 3. The van der Waals surface area contributed by atoms with E-state index in [4.69, 9.17) is 0 Å². The van der Waals surface area contributed by atoms with Gasteiger partial charge in [0.1, 0.15) is 23.5 Å². The Kier molecular flexibility index (Phi) is 4.78. The van der Waals surface area contributed by atoms with Crippen LogP contribution in [0.4, 0.5) is 5.69 Å². The van der Waals surface area contributed by atoms with E-state index < -0.39 is 68.1 Å². The fourth-order valence-electron chi connectivity index (χ4n) is 3.79. The van der Waals surface area contributed by atoms with Crippen LogP contribution in [0.15, 0.2) is 42.1 Å². The van der Waals surface area contributed by atoms with Crippen LogP contribution in [0.5, 0.6) is 0 Å². The molecule has 0 unspecified atom stereocenters. The summed E-state index contributed by atoms with van der Waals surface area (Å²) in [6.07, 6.45) is 0.128. The second-order valence-electron chi connectivity index (χ2n) is 6.44. The molecule has 1 amide bonds. The number of benzene rings is 1. The van der Waals surface area contributed by atoms with Gasteiger partial charge in [0.05, 0.1) is 11.0 Å². The van der Waals surface area contributed by atoms with Gasteiger partial charge in [-0.25, -0.2) is 0 Å². The molecule has 0 aromatic heterocycles. The number of nitro groups is 2. The van der Waals surface area contributed by atoms with Crippen molar-refractivity contribution in [1.29, 1.82) is 0 Å². The Morgan fingerprint density at radius 2 is 1.79 bits per heavy atom. The largest absolute Gasteiger partial charge is 0.417 e. The third kappa shape index (κ3) is 3.15. The van der Waals surface area contributed by atoms with Crippen molar-refractivity contribution in [2.75, 3.05) is 5.32 Å². The molecule has 1 saturated carbocycles. The molecule has 28 heavy (non-hydrogen) atoms. The van der Waals surface area contributed by atoms with E-state index in [-0.39, 0.29) is 0 Å². The van der Waals surface area contributed by atoms with Crippen LogP contribution in [0.1, 0.15) is 6.42 Å². The van der Waals surface area contributed by atoms with Crippen molar-refractivity contribution in [2.45, 2.75) is 12.5 Å². The summed E-state index contributed by atoms with van der Waals surface area (Å²) < 4.78 is 0. The molecule has 0 heterocycles. The van der Waals surface area contributed by atoms with Crippen LogP contribution in [0, 0.1) is 43.2 Å². The first-order valence-corrected chi connectivity index (χ1v) is 8.13. The molecule has 0 saturated heterocycles. The minimum absolute atomic E-state index is 0.316. The van der Waals surface area contributed by atoms with E-state index in [1.54, 1.807) is 18.2 Å². The predicted octanol–water partition coefficient (Wildman–Crippen LogP) is 0.607. The Hall–Kier alpha value is -3.83. The maximum atomic E-state index is 12.7. The lowest BCUT2D eigenvalue weighted by Gasteiger charge is -2.35. The number of hydrogen-bond donors (Lipinski definition) is 2. The van der Waals surface area contributed by atoms with E-state index in [2.05, 4.69) is 5.32 Å². The van der Waals surface area contributed by atoms with Crippen LogP contribution < -0.4 is 5.32 Å². The molecular formula is C16H14N4O8. The Morgan fingerprint density at radius 3 is 2.32 bits per heavy atom. The van der Waals surface area contributed by atoms with E-state index in [0.717, 1.165) is 0 Å². The first-order valence-electron chi connectivity index (χ1n) is 8.13. The second-order valence-corrected chi connectivity index (χ2v) is 6.44. The molecule has 4 atom stereocenters. The molecule has 12 heteroatoms. The molecule has 1 aromatic carbocycles. The summed E-state index contributed by atoms with van der Waals surface area (Å²) in [4.78, 5) is 45.9.